The number of rotatable bonds is 6. The molecule has 2 aromatic carbocycles. The van der Waals surface area contributed by atoms with E-state index in [1.54, 1.807) is 29.2 Å². The molecule has 2 aromatic rings. The number of amides is 2. The molecule has 1 spiro atoms. The Labute approximate surface area is 200 Å². The molecule has 8 heteroatoms. The maximum Gasteiger partial charge on any atom is 0.242 e. The van der Waals surface area contributed by atoms with E-state index < -0.39 is 27.3 Å². The summed E-state index contributed by atoms with van der Waals surface area (Å²) in [6.45, 7) is 2.56. The van der Waals surface area contributed by atoms with Gasteiger partial charge < -0.3 is 10.1 Å². The van der Waals surface area contributed by atoms with Crippen LogP contribution in [0, 0.1) is 11.7 Å². The van der Waals surface area contributed by atoms with Gasteiger partial charge in [0.05, 0.1) is 18.3 Å². The van der Waals surface area contributed by atoms with Crippen molar-refractivity contribution in [3.05, 3.63) is 64.4 Å². The van der Waals surface area contributed by atoms with E-state index in [-0.39, 0.29) is 30.9 Å². The monoisotopic (exact) mass is 492 g/mol. The Balaban J connectivity index is 1.78. The molecule has 2 aliphatic heterocycles. The number of halogens is 2. The van der Waals surface area contributed by atoms with Gasteiger partial charge >= 0.3 is 0 Å². The first-order valence-corrected chi connectivity index (χ1v) is 14.3. The van der Waals surface area contributed by atoms with Crippen molar-refractivity contribution in [2.24, 2.45) is 5.92 Å². The standard InChI is InChI=1S/C25H30ClFN2O3S/c1-16-12-22(30)28-23(17-6-5-7-19(27)13-17)25(16)20-9-8-18(26)14-21(20)29(24(25)31)15-32-10-11-33(2,3)4/h5-9,13-14,16,23H,10-12,15H2,1-4H3,(H,28,30)/t16?,23-,25-/m1/s1. The van der Waals surface area contributed by atoms with Gasteiger partial charge in [-0.2, -0.15) is 0 Å². The van der Waals surface area contributed by atoms with Gasteiger partial charge in [-0.25, -0.2) is 14.4 Å². The number of anilines is 1. The number of nitrogens with one attached hydrogen (secondary N) is 1. The SMILES string of the molecule is CC1CC(=O)N[C@H](c2cccc(F)c2)[C@@]12C(=O)N(COCCS(C)(C)C)c1cc(Cl)ccc12. The number of fused-ring (bicyclic) bond motifs is 2. The molecule has 1 saturated heterocycles. The van der Waals surface area contributed by atoms with Gasteiger partial charge in [0.2, 0.25) is 11.8 Å². The molecule has 1 N–H and O–H groups in total. The molecule has 1 unspecified atom stereocenters. The van der Waals surface area contributed by atoms with Gasteiger partial charge in [0.15, 0.2) is 0 Å². The Hall–Kier alpha value is -2.09. The lowest BCUT2D eigenvalue weighted by molar-refractivity contribution is -0.135. The zero-order valence-electron chi connectivity index (χ0n) is 19.4. The lowest BCUT2D eigenvalue weighted by Gasteiger charge is -2.45. The van der Waals surface area contributed by atoms with Crippen LogP contribution in [0.25, 0.3) is 0 Å². The van der Waals surface area contributed by atoms with Crippen LogP contribution in [0.4, 0.5) is 10.1 Å². The maximum absolute atomic E-state index is 14.2. The number of piperidine rings is 1. The van der Waals surface area contributed by atoms with Crippen LogP contribution < -0.4 is 10.2 Å². The Morgan fingerprint density at radius 1 is 1.21 bits per heavy atom. The van der Waals surface area contributed by atoms with Gasteiger partial charge in [0.25, 0.3) is 0 Å². The van der Waals surface area contributed by atoms with Gasteiger partial charge in [-0.05, 0) is 60.1 Å². The summed E-state index contributed by atoms with van der Waals surface area (Å²) in [4.78, 5) is 28.4. The summed E-state index contributed by atoms with van der Waals surface area (Å²) in [7, 11) is -0.724. The summed E-state index contributed by atoms with van der Waals surface area (Å²) in [5.74, 6) is -0.114. The van der Waals surface area contributed by atoms with Crippen LogP contribution in [0.5, 0.6) is 0 Å². The lowest BCUT2D eigenvalue weighted by Crippen LogP contribution is -2.58. The van der Waals surface area contributed by atoms with Gasteiger partial charge in [0, 0.05) is 17.2 Å². The topological polar surface area (TPSA) is 58.6 Å². The highest BCUT2D eigenvalue weighted by Gasteiger charge is 2.61. The summed E-state index contributed by atoms with van der Waals surface area (Å²) in [6.07, 6.45) is 6.86. The zero-order valence-corrected chi connectivity index (χ0v) is 20.9. The van der Waals surface area contributed by atoms with Crippen LogP contribution in [-0.4, -0.2) is 49.7 Å². The molecule has 1 fully saturated rings. The van der Waals surface area contributed by atoms with Crippen molar-refractivity contribution < 1.29 is 18.7 Å². The Morgan fingerprint density at radius 2 is 1.97 bits per heavy atom. The minimum Gasteiger partial charge on any atom is -0.360 e. The Morgan fingerprint density at radius 3 is 2.67 bits per heavy atom. The first-order chi connectivity index (χ1) is 15.5. The lowest BCUT2D eigenvalue weighted by atomic mass is 9.62. The fraction of sp³-hybridized carbons (Fsp3) is 0.440. The fourth-order valence-corrected chi connectivity index (χ4v) is 5.75. The van der Waals surface area contributed by atoms with E-state index in [0.29, 0.717) is 22.9 Å². The van der Waals surface area contributed by atoms with Crippen molar-refractivity contribution in [2.45, 2.75) is 24.8 Å². The summed E-state index contributed by atoms with van der Waals surface area (Å²) in [5, 5.41) is 3.50. The molecule has 4 rings (SSSR count). The van der Waals surface area contributed by atoms with E-state index in [2.05, 4.69) is 24.1 Å². The minimum atomic E-state index is -1.08. The number of benzene rings is 2. The number of hydrogen-bond donors (Lipinski definition) is 1. The first kappa shape index (κ1) is 24.0. The van der Waals surface area contributed by atoms with E-state index in [0.717, 1.165) is 11.3 Å². The van der Waals surface area contributed by atoms with Gasteiger partial charge in [-0.1, -0.05) is 36.7 Å². The van der Waals surface area contributed by atoms with E-state index in [4.69, 9.17) is 16.3 Å². The molecule has 0 radical (unpaired) electrons. The highest BCUT2D eigenvalue weighted by Crippen LogP contribution is 2.56. The number of carbonyl (C=O) groups excluding carboxylic acids is 2. The number of carbonyl (C=O) groups is 2. The van der Waals surface area contributed by atoms with Crippen molar-refractivity contribution in [2.75, 3.05) is 42.8 Å². The van der Waals surface area contributed by atoms with Crippen LogP contribution in [0.3, 0.4) is 0 Å². The molecule has 0 aliphatic carbocycles. The first-order valence-electron chi connectivity index (χ1n) is 10.9. The normalized spacial score (nSPS) is 25.3. The van der Waals surface area contributed by atoms with E-state index >= 15 is 0 Å². The van der Waals surface area contributed by atoms with Crippen molar-refractivity contribution >= 4 is 39.1 Å². The predicted molar refractivity (Wildman–Crippen MR) is 133 cm³/mol. The predicted octanol–water partition coefficient (Wildman–Crippen LogP) is 4.63. The van der Waals surface area contributed by atoms with E-state index in [1.165, 1.54) is 12.1 Å². The zero-order chi connectivity index (χ0) is 24.0. The third-order valence-corrected chi connectivity index (χ3v) is 8.19. The van der Waals surface area contributed by atoms with Crippen molar-refractivity contribution in [1.82, 2.24) is 5.32 Å². The molecule has 178 valence electrons. The Bertz CT molecular complexity index is 1090. The third-order valence-electron chi connectivity index (χ3n) is 6.57. The maximum atomic E-state index is 14.2. The Kier molecular flexibility index (Phi) is 6.51. The quantitative estimate of drug-likeness (QED) is 0.598. The van der Waals surface area contributed by atoms with Crippen LogP contribution in [0.2, 0.25) is 5.02 Å². The van der Waals surface area contributed by atoms with Gasteiger partial charge in [-0.15, -0.1) is 0 Å². The summed E-state index contributed by atoms with van der Waals surface area (Å²) >= 11 is 6.32. The second-order valence-corrected chi connectivity index (χ2v) is 14.8. The summed E-state index contributed by atoms with van der Waals surface area (Å²) in [5.41, 5.74) is 0.937. The molecule has 0 bridgehead atoms. The highest BCUT2D eigenvalue weighted by molar-refractivity contribution is 8.32. The van der Waals surface area contributed by atoms with Crippen molar-refractivity contribution in [3.8, 4) is 0 Å². The molecular formula is C25H30ClFN2O3S. The molecule has 0 saturated carbocycles. The third kappa shape index (κ3) is 4.38. The number of nitrogens with zero attached hydrogens (tertiary/aromatic N) is 1. The number of ether oxygens (including phenoxy) is 1. The van der Waals surface area contributed by atoms with Crippen LogP contribution >= 0.6 is 21.6 Å². The molecule has 3 atom stereocenters. The van der Waals surface area contributed by atoms with Crippen molar-refractivity contribution in [3.63, 3.8) is 0 Å². The molecule has 5 nitrogen and oxygen atoms in total. The molecule has 2 aliphatic rings. The average molecular weight is 493 g/mol. The average Bonchev–Trinajstić information content (AvgIpc) is 2.96. The fourth-order valence-electron chi connectivity index (χ4n) is 4.96. The van der Waals surface area contributed by atoms with E-state index in [1.807, 2.05) is 13.0 Å². The molecular weight excluding hydrogens is 463 g/mol. The molecule has 0 aromatic heterocycles. The minimum absolute atomic E-state index is 0.0972. The number of hydrogen-bond acceptors (Lipinski definition) is 3. The van der Waals surface area contributed by atoms with E-state index in [9.17, 15) is 14.0 Å². The molecule has 2 heterocycles. The smallest absolute Gasteiger partial charge is 0.242 e. The van der Waals surface area contributed by atoms with Crippen LogP contribution in [-0.2, 0) is 19.7 Å². The van der Waals surface area contributed by atoms with Crippen LogP contribution in [0.15, 0.2) is 42.5 Å². The second kappa shape index (κ2) is 8.93. The van der Waals surface area contributed by atoms with Crippen molar-refractivity contribution in [1.29, 1.82) is 0 Å². The second-order valence-electron chi connectivity index (χ2n) is 9.76. The largest absolute Gasteiger partial charge is 0.360 e. The highest BCUT2D eigenvalue weighted by atomic mass is 35.5. The summed E-state index contributed by atoms with van der Waals surface area (Å²) < 4.78 is 20.1. The van der Waals surface area contributed by atoms with Gasteiger partial charge in [-0.3, -0.25) is 14.5 Å². The van der Waals surface area contributed by atoms with Crippen LogP contribution in [0.1, 0.15) is 30.5 Å². The molecule has 33 heavy (non-hydrogen) atoms. The molecule has 2 amide bonds. The van der Waals surface area contributed by atoms with Gasteiger partial charge in [0.1, 0.15) is 18.0 Å². The summed E-state index contributed by atoms with van der Waals surface area (Å²) in [6, 6.07) is 10.8.